The molecule has 1 aliphatic rings. The summed E-state index contributed by atoms with van der Waals surface area (Å²) in [4.78, 5) is 24.2. The quantitative estimate of drug-likeness (QED) is 0.700. The summed E-state index contributed by atoms with van der Waals surface area (Å²) in [7, 11) is -3.65. The normalized spacial score (nSPS) is 15.4. The molecule has 2 heterocycles. The van der Waals surface area contributed by atoms with Crippen molar-refractivity contribution in [2.24, 2.45) is 0 Å². The first kappa shape index (κ1) is 22.0. The van der Waals surface area contributed by atoms with Gasteiger partial charge in [0.2, 0.25) is 15.8 Å². The molecule has 1 aromatic carbocycles. The second-order valence-electron chi connectivity index (χ2n) is 7.33. The minimum absolute atomic E-state index is 0.0152. The number of sulfonamides is 1. The Morgan fingerprint density at radius 1 is 1.07 bits per heavy atom. The number of anilines is 1. The Morgan fingerprint density at radius 3 is 2.40 bits per heavy atom. The molecular formula is C21H26N2O6S. The van der Waals surface area contributed by atoms with Crippen LogP contribution < -0.4 is 5.32 Å². The Bertz CT molecular complexity index is 1020. The Morgan fingerprint density at radius 2 is 1.77 bits per heavy atom. The van der Waals surface area contributed by atoms with Crippen LogP contribution >= 0.6 is 0 Å². The van der Waals surface area contributed by atoms with E-state index in [0.29, 0.717) is 30.1 Å². The maximum atomic E-state index is 13.1. The summed E-state index contributed by atoms with van der Waals surface area (Å²) >= 11 is 0. The van der Waals surface area contributed by atoms with Crippen LogP contribution in [0.4, 0.5) is 5.69 Å². The SMILES string of the molecule is Cc1ccc(C(=O)OCC(=O)Nc2ccc(C)c(S(=O)(=O)N3CCCCCC3)c2)o1. The highest BCUT2D eigenvalue weighted by Gasteiger charge is 2.27. The lowest BCUT2D eigenvalue weighted by atomic mass is 10.2. The number of hydrogen-bond donors (Lipinski definition) is 1. The average Bonchev–Trinajstić information content (AvgIpc) is 2.96. The predicted octanol–water partition coefficient (Wildman–Crippen LogP) is 3.26. The average molecular weight is 435 g/mol. The molecule has 9 heteroatoms. The lowest BCUT2D eigenvalue weighted by molar-refractivity contribution is -0.119. The van der Waals surface area contributed by atoms with E-state index in [1.807, 2.05) is 0 Å². The van der Waals surface area contributed by atoms with E-state index < -0.39 is 28.5 Å². The van der Waals surface area contributed by atoms with Crippen LogP contribution in [-0.2, 0) is 19.6 Å². The van der Waals surface area contributed by atoms with Gasteiger partial charge in [-0.2, -0.15) is 4.31 Å². The van der Waals surface area contributed by atoms with Gasteiger partial charge in [-0.15, -0.1) is 0 Å². The molecule has 0 radical (unpaired) electrons. The predicted molar refractivity (Wildman–Crippen MR) is 111 cm³/mol. The molecule has 2 aromatic rings. The number of carbonyl (C=O) groups excluding carboxylic acids is 2. The molecule has 3 rings (SSSR count). The van der Waals surface area contributed by atoms with Crippen molar-refractivity contribution in [3.8, 4) is 0 Å². The van der Waals surface area contributed by atoms with Crippen LogP contribution in [0.5, 0.6) is 0 Å². The Labute approximate surface area is 176 Å². The third kappa shape index (κ3) is 5.28. The molecule has 0 aliphatic carbocycles. The minimum Gasteiger partial charge on any atom is -0.454 e. The van der Waals surface area contributed by atoms with Crippen LogP contribution in [-0.4, -0.2) is 44.3 Å². The maximum Gasteiger partial charge on any atom is 0.374 e. The van der Waals surface area contributed by atoms with Crippen molar-refractivity contribution in [2.45, 2.75) is 44.4 Å². The van der Waals surface area contributed by atoms with Crippen LogP contribution in [0.15, 0.2) is 39.6 Å². The van der Waals surface area contributed by atoms with Crippen molar-refractivity contribution in [1.82, 2.24) is 4.31 Å². The number of hydrogen-bond acceptors (Lipinski definition) is 6. The van der Waals surface area contributed by atoms with Crippen molar-refractivity contribution in [1.29, 1.82) is 0 Å². The highest BCUT2D eigenvalue weighted by molar-refractivity contribution is 7.89. The van der Waals surface area contributed by atoms with E-state index in [-0.39, 0.29) is 10.7 Å². The van der Waals surface area contributed by atoms with E-state index in [2.05, 4.69) is 5.32 Å². The van der Waals surface area contributed by atoms with E-state index in [1.54, 1.807) is 32.0 Å². The molecular weight excluding hydrogens is 408 g/mol. The number of esters is 1. The van der Waals surface area contributed by atoms with Crippen LogP contribution in [0, 0.1) is 13.8 Å². The zero-order valence-corrected chi connectivity index (χ0v) is 18.0. The van der Waals surface area contributed by atoms with Gasteiger partial charge >= 0.3 is 5.97 Å². The second-order valence-corrected chi connectivity index (χ2v) is 9.24. The molecule has 0 saturated carbocycles. The number of nitrogens with one attached hydrogen (secondary N) is 1. The number of ether oxygens (including phenoxy) is 1. The first-order valence-electron chi connectivity index (χ1n) is 9.91. The fourth-order valence-electron chi connectivity index (χ4n) is 3.32. The molecule has 0 atom stereocenters. The molecule has 8 nitrogen and oxygen atoms in total. The fraction of sp³-hybridized carbons (Fsp3) is 0.429. The summed E-state index contributed by atoms with van der Waals surface area (Å²) in [5.41, 5.74) is 0.931. The number of rotatable bonds is 6. The number of furan rings is 1. The Kier molecular flexibility index (Phi) is 6.94. The molecule has 0 spiro atoms. The largest absolute Gasteiger partial charge is 0.454 e. The molecule has 162 valence electrons. The van der Waals surface area contributed by atoms with Gasteiger partial charge in [-0.3, -0.25) is 4.79 Å². The third-order valence-electron chi connectivity index (χ3n) is 4.93. The highest BCUT2D eigenvalue weighted by atomic mass is 32.2. The standard InChI is InChI=1S/C21H26N2O6S/c1-15-7-9-17(13-19(15)30(26,27)23-11-5-3-4-6-12-23)22-20(24)14-28-21(25)18-10-8-16(2)29-18/h7-10,13H,3-6,11-12,14H2,1-2H3,(H,22,24). The van der Waals surface area contributed by atoms with Crippen LogP contribution in [0.1, 0.15) is 47.6 Å². The van der Waals surface area contributed by atoms with Crippen LogP contribution in [0.3, 0.4) is 0 Å². The topological polar surface area (TPSA) is 106 Å². The van der Waals surface area contributed by atoms with Gasteiger partial charge in [0.05, 0.1) is 4.90 Å². The molecule has 1 amide bonds. The zero-order chi connectivity index (χ0) is 21.7. The number of nitrogens with zero attached hydrogens (tertiary/aromatic N) is 1. The van der Waals surface area contributed by atoms with Gasteiger partial charge in [0.25, 0.3) is 5.91 Å². The number of carbonyl (C=O) groups is 2. The van der Waals surface area contributed by atoms with E-state index in [1.165, 1.54) is 16.4 Å². The van der Waals surface area contributed by atoms with Gasteiger partial charge in [-0.1, -0.05) is 18.9 Å². The third-order valence-corrected chi connectivity index (χ3v) is 6.97. The summed E-state index contributed by atoms with van der Waals surface area (Å²) in [6.45, 7) is 3.91. The van der Waals surface area contributed by atoms with Gasteiger partial charge in [0.15, 0.2) is 6.61 Å². The van der Waals surface area contributed by atoms with Crippen LogP contribution in [0.25, 0.3) is 0 Å². The monoisotopic (exact) mass is 434 g/mol. The first-order chi connectivity index (χ1) is 14.3. The Hall–Kier alpha value is -2.65. The van der Waals surface area contributed by atoms with Crippen molar-refractivity contribution < 1.29 is 27.2 Å². The molecule has 1 saturated heterocycles. The Balaban J connectivity index is 1.67. The van der Waals surface area contributed by atoms with Gasteiger partial charge in [-0.05, 0) is 56.5 Å². The molecule has 1 aromatic heterocycles. The summed E-state index contributed by atoms with van der Waals surface area (Å²) in [5.74, 6) is -0.745. The molecule has 1 aliphatic heterocycles. The summed E-state index contributed by atoms with van der Waals surface area (Å²) < 4.78 is 37.8. The van der Waals surface area contributed by atoms with Gasteiger partial charge < -0.3 is 14.5 Å². The molecule has 1 N–H and O–H groups in total. The van der Waals surface area contributed by atoms with Crippen molar-refractivity contribution in [3.05, 3.63) is 47.4 Å². The minimum atomic E-state index is -3.65. The molecule has 30 heavy (non-hydrogen) atoms. The molecule has 0 bridgehead atoms. The van der Waals surface area contributed by atoms with Crippen molar-refractivity contribution in [3.63, 3.8) is 0 Å². The van der Waals surface area contributed by atoms with Crippen molar-refractivity contribution >= 4 is 27.6 Å². The smallest absolute Gasteiger partial charge is 0.374 e. The van der Waals surface area contributed by atoms with E-state index in [9.17, 15) is 18.0 Å². The van der Waals surface area contributed by atoms with Gasteiger partial charge in [0.1, 0.15) is 5.76 Å². The lowest BCUT2D eigenvalue weighted by Crippen LogP contribution is -2.32. The summed E-state index contributed by atoms with van der Waals surface area (Å²) in [6, 6.07) is 7.81. The van der Waals surface area contributed by atoms with E-state index in [0.717, 1.165) is 25.7 Å². The number of amides is 1. The van der Waals surface area contributed by atoms with E-state index in [4.69, 9.17) is 9.15 Å². The molecule has 1 fully saturated rings. The van der Waals surface area contributed by atoms with E-state index >= 15 is 0 Å². The first-order valence-corrected chi connectivity index (χ1v) is 11.4. The van der Waals surface area contributed by atoms with Gasteiger partial charge in [0, 0.05) is 18.8 Å². The summed E-state index contributed by atoms with van der Waals surface area (Å²) in [5, 5.41) is 2.58. The highest BCUT2D eigenvalue weighted by Crippen LogP contribution is 2.25. The number of aryl methyl sites for hydroxylation is 2. The maximum absolute atomic E-state index is 13.1. The lowest BCUT2D eigenvalue weighted by Gasteiger charge is -2.21. The van der Waals surface area contributed by atoms with Crippen molar-refractivity contribution in [2.75, 3.05) is 25.0 Å². The van der Waals surface area contributed by atoms with Crippen LogP contribution in [0.2, 0.25) is 0 Å². The summed E-state index contributed by atoms with van der Waals surface area (Å²) in [6.07, 6.45) is 3.74. The second kappa shape index (κ2) is 9.44. The number of benzene rings is 1. The fourth-order valence-corrected chi connectivity index (χ4v) is 5.09. The molecule has 0 unspecified atom stereocenters. The zero-order valence-electron chi connectivity index (χ0n) is 17.1. The van der Waals surface area contributed by atoms with Gasteiger partial charge in [-0.25, -0.2) is 13.2 Å².